The molecule has 0 aromatic heterocycles. The zero-order chi connectivity index (χ0) is 15.9. The van der Waals surface area contributed by atoms with Gasteiger partial charge in [0.2, 0.25) is 0 Å². The van der Waals surface area contributed by atoms with E-state index in [0.29, 0.717) is 50.7 Å². The first-order valence-corrected chi connectivity index (χ1v) is 8.93. The van der Waals surface area contributed by atoms with E-state index < -0.39 is 0 Å². The quantitative estimate of drug-likeness (QED) is 0.284. The highest BCUT2D eigenvalue weighted by Crippen LogP contribution is 2.44. The smallest absolute Gasteiger partial charge is 0.143 e. The second-order valence-electron chi connectivity index (χ2n) is 3.98. The van der Waals surface area contributed by atoms with Crippen LogP contribution >= 0.6 is 101 Å². The highest BCUT2D eigenvalue weighted by Gasteiger charge is 2.16. The van der Waals surface area contributed by atoms with Gasteiger partial charge >= 0.3 is 0 Å². The Balaban J connectivity index is 2.54. The van der Waals surface area contributed by atoms with Crippen molar-refractivity contribution in [1.29, 1.82) is 0 Å². The van der Waals surface area contributed by atoms with Crippen molar-refractivity contribution in [3.63, 3.8) is 0 Å². The largest absolute Gasteiger partial charge is 0.455 e. The summed E-state index contributed by atoms with van der Waals surface area (Å²) in [6.07, 6.45) is 0. The molecule has 0 aliphatic carbocycles. The zero-order valence-corrected chi connectivity index (χ0v) is 17.3. The van der Waals surface area contributed by atoms with Crippen LogP contribution in [0.15, 0.2) is 51.3 Å². The van der Waals surface area contributed by atoms with Crippen LogP contribution in [0.5, 0.6) is 11.5 Å². The maximum absolute atomic E-state index is 5.86. The molecule has 0 aliphatic rings. The van der Waals surface area contributed by atoms with Crippen molar-refractivity contribution < 1.29 is 4.74 Å². The van der Waals surface area contributed by atoms with Crippen LogP contribution in [0.1, 0.15) is 0 Å². The summed E-state index contributed by atoms with van der Waals surface area (Å²) in [6, 6.07) is 3.43. The van der Waals surface area contributed by atoms with E-state index in [0.717, 1.165) is 0 Å². The lowest BCUT2D eigenvalue weighted by molar-refractivity contribution is 0.448. The van der Waals surface area contributed by atoms with E-state index in [1.165, 1.54) is 0 Å². The van der Waals surface area contributed by atoms with Crippen LogP contribution in [0.2, 0.25) is 0 Å². The van der Waals surface area contributed by atoms with Gasteiger partial charge in [0, 0.05) is 29.4 Å². The van der Waals surface area contributed by atoms with E-state index >= 15 is 0 Å². The fraction of sp³-hybridized carbons (Fsp3) is 0. The summed E-state index contributed by atoms with van der Waals surface area (Å²) >= 11 is 34.8. The first-order chi connectivity index (χ1) is 9.73. The maximum Gasteiger partial charge on any atom is 0.143 e. The molecule has 0 heterocycles. The first kappa shape index (κ1) is 18.4. The predicted molar refractivity (Wildman–Crippen MR) is 111 cm³/mol. The third-order valence-electron chi connectivity index (χ3n) is 2.60. The lowest BCUT2D eigenvalue weighted by Gasteiger charge is -2.16. The molecule has 21 heavy (non-hydrogen) atoms. The fourth-order valence-electron chi connectivity index (χ4n) is 1.50. The zero-order valence-electron chi connectivity index (χ0n) is 10.1. The molecule has 0 saturated carbocycles. The highest BCUT2D eigenvalue weighted by atomic mass is 32.1. The Morgan fingerprint density at radius 1 is 0.476 bits per heavy atom. The lowest BCUT2D eigenvalue weighted by Crippen LogP contribution is -1.92. The van der Waals surface area contributed by atoms with Gasteiger partial charge in [0.05, 0.1) is 9.79 Å². The van der Waals surface area contributed by atoms with Crippen LogP contribution in [-0.2, 0) is 0 Å². The number of thiol groups is 8. The molecule has 0 atom stereocenters. The lowest BCUT2D eigenvalue weighted by atomic mass is 10.3. The van der Waals surface area contributed by atoms with Crippen LogP contribution in [0, 0.1) is 0 Å². The van der Waals surface area contributed by atoms with Crippen molar-refractivity contribution in [1.82, 2.24) is 0 Å². The second kappa shape index (κ2) is 7.29. The summed E-state index contributed by atoms with van der Waals surface area (Å²) in [5, 5.41) is 0. The standard InChI is InChI=1S/C12H10OS8/c14-5-1-3(7(16)11(20)9(5)18)13-4-2-6(15)10(19)12(21)8(4)17/h1-2,14-21H. The van der Waals surface area contributed by atoms with Crippen LogP contribution in [-0.4, -0.2) is 0 Å². The van der Waals surface area contributed by atoms with Gasteiger partial charge in [-0.25, -0.2) is 0 Å². The average molecular weight is 427 g/mol. The Bertz CT molecular complexity index is 667. The summed E-state index contributed by atoms with van der Waals surface area (Å²) in [6.45, 7) is 0. The van der Waals surface area contributed by atoms with Crippen LogP contribution < -0.4 is 4.74 Å². The molecule has 1 nitrogen and oxygen atoms in total. The molecular formula is C12H10OS8. The summed E-state index contributed by atoms with van der Waals surface area (Å²) in [5.41, 5.74) is 0. The number of benzene rings is 2. The third kappa shape index (κ3) is 3.76. The van der Waals surface area contributed by atoms with E-state index in [9.17, 15) is 0 Å². The molecule has 9 heteroatoms. The van der Waals surface area contributed by atoms with Crippen molar-refractivity contribution in [3.05, 3.63) is 12.1 Å². The van der Waals surface area contributed by atoms with Gasteiger partial charge in [0.15, 0.2) is 0 Å². The van der Waals surface area contributed by atoms with Gasteiger partial charge in [0.1, 0.15) is 11.5 Å². The van der Waals surface area contributed by atoms with Gasteiger partial charge in [-0.15, -0.1) is 101 Å². The molecular weight excluding hydrogens is 417 g/mol. The average Bonchev–Trinajstić information content (AvgIpc) is 2.45. The molecule has 0 unspecified atom stereocenters. The number of hydrogen-bond acceptors (Lipinski definition) is 9. The molecule has 2 aromatic carbocycles. The second-order valence-corrected chi connectivity index (χ2v) is 7.63. The molecule has 0 fully saturated rings. The Morgan fingerprint density at radius 2 is 0.810 bits per heavy atom. The van der Waals surface area contributed by atoms with Crippen molar-refractivity contribution in [2.45, 2.75) is 39.2 Å². The van der Waals surface area contributed by atoms with E-state index in [1.54, 1.807) is 12.1 Å². The minimum Gasteiger partial charge on any atom is -0.455 e. The molecule has 0 radical (unpaired) electrons. The monoisotopic (exact) mass is 426 g/mol. The van der Waals surface area contributed by atoms with Gasteiger partial charge < -0.3 is 4.74 Å². The Hall–Kier alpha value is 1.04. The maximum atomic E-state index is 5.86. The number of hydrogen-bond donors (Lipinski definition) is 8. The van der Waals surface area contributed by atoms with Crippen LogP contribution in [0.25, 0.3) is 0 Å². The van der Waals surface area contributed by atoms with E-state index in [2.05, 4.69) is 101 Å². The minimum atomic E-state index is 0.494. The van der Waals surface area contributed by atoms with E-state index in [-0.39, 0.29) is 0 Å². The summed E-state index contributed by atoms with van der Waals surface area (Å²) < 4.78 is 5.86. The normalized spacial score (nSPS) is 10.9. The Kier molecular flexibility index (Phi) is 6.38. The summed E-state index contributed by atoms with van der Waals surface area (Å²) in [7, 11) is 0. The highest BCUT2D eigenvalue weighted by molar-refractivity contribution is 7.86. The van der Waals surface area contributed by atoms with Crippen LogP contribution in [0.4, 0.5) is 0 Å². The molecule has 0 saturated heterocycles. The number of rotatable bonds is 2. The molecule has 0 N–H and O–H groups in total. The van der Waals surface area contributed by atoms with Gasteiger partial charge in [-0.1, -0.05) is 0 Å². The molecule has 0 aliphatic heterocycles. The molecule has 0 spiro atoms. The van der Waals surface area contributed by atoms with Crippen molar-refractivity contribution in [3.8, 4) is 11.5 Å². The molecule has 2 rings (SSSR count). The molecule has 2 aromatic rings. The summed E-state index contributed by atoms with van der Waals surface area (Å²) in [5.74, 6) is 0.989. The SMILES string of the molecule is Sc1cc(Oc2cc(S)c(S)c(S)c2S)c(S)c(S)c1S. The topological polar surface area (TPSA) is 9.23 Å². The van der Waals surface area contributed by atoms with Crippen molar-refractivity contribution >= 4 is 101 Å². The van der Waals surface area contributed by atoms with Gasteiger partial charge in [-0.3, -0.25) is 0 Å². The predicted octanol–water partition coefficient (Wildman–Crippen LogP) is 5.79. The number of ether oxygens (including phenoxy) is 1. The Labute approximate surface area is 167 Å². The Morgan fingerprint density at radius 3 is 1.14 bits per heavy atom. The van der Waals surface area contributed by atoms with Gasteiger partial charge in [-0.05, 0) is 12.1 Å². The van der Waals surface area contributed by atoms with Gasteiger partial charge in [0.25, 0.3) is 0 Å². The van der Waals surface area contributed by atoms with E-state index in [4.69, 9.17) is 4.74 Å². The fourth-order valence-corrected chi connectivity index (χ4v) is 3.57. The molecule has 0 bridgehead atoms. The molecule has 112 valence electrons. The third-order valence-corrected chi connectivity index (χ3v) is 7.08. The van der Waals surface area contributed by atoms with Crippen molar-refractivity contribution in [2.24, 2.45) is 0 Å². The molecule has 0 amide bonds. The van der Waals surface area contributed by atoms with Crippen molar-refractivity contribution in [2.75, 3.05) is 0 Å². The van der Waals surface area contributed by atoms with Crippen LogP contribution in [0.3, 0.4) is 0 Å². The minimum absolute atomic E-state index is 0.494. The summed E-state index contributed by atoms with van der Waals surface area (Å²) in [4.78, 5) is 4.86. The van der Waals surface area contributed by atoms with E-state index in [1.807, 2.05) is 0 Å². The first-order valence-electron chi connectivity index (χ1n) is 5.35. The van der Waals surface area contributed by atoms with Gasteiger partial charge in [-0.2, -0.15) is 0 Å².